The number of thiazole rings is 2. The molecule has 0 aliphatic rings. The Balaban J connectivity index is 1.66. The fourth-order valence-corrected chi connectivity index (χ4v) is 3.88. The number of rotatable bonds is 5. The van der Waals surface area contributed by atoms with Crippen molar-refractivity contribution >= 4 is 28.6 Å². The minimum atomic E-state index is -0.258. The van der Waals surface area contributed by atoms with E-state index in [9.17, 15) is 9.18 Å². The van der Waals surface area contributed by atoms with E-state index in [2.05, 4.69) is 15.3 Å². The summed E-state index contributed by atoms with van der Waals surface area (Å²) in [7, 11) is 0. The molecule has 1 aromatic carbocycles. The molecule has 0 unspecified atom stereocenters. The second kappa shape index (κ2) is 7.19. The average Bonchev–Trinajstić information content (AvgIpc) is 3.13. The van der Waals surface area contributed by atoms with E-state index in [1.807, 2.05) is 19.2 Å². The largest absolute Gasteiger partial charge is 0.346 e. The summed E-state index contributed by atoms with van der Waals surface area (Å²) in [6, 6.07) is 6.32. The molecule has 24 heavy (non-hydrogen) atoms. The first-order valence-corrected chi connectivity index (χ1v) is 9.11. The molecule has 3 aromatic rings. The number of aromatic nitrogens is 2. The zero-order valence-electron chi connectivity index (χ0n) is 13.3. The average molecular weight is 361 g/mol. The zero-order chi connectivity index (χ0) is 17.1. The van der Waals surface area contributed by atoms with Crippen LogP contribution in [-0.4, -0.2) is 15.9 Å². The quantitative estimate of drug-likeness (QED) is 0.750. The van der Waals surface area contributed by atoms with Crippen LogP contribution in [-0.2, 0) is 13.0 Å². The number of carbonyl (C=O) groups is 1. The summed E-state index contributed by atoms with van der Waals surface area (Å²) in [5, 5.41) is 6.64. The van der Waals surface area contributed by atoms with Gasteiger partial charge in [0, 0.05) is 11.8 Å². The van der Waals surface area contributed by atoms with Crippen LogP contribution in [0, 0.1) is 19.7 Å². The van der Waals surface area contributed by atoms with Crippen molar-refractivity contribution < 1.29 is 9.18 Å². The lowest BCUT2D eigenvalue weighted by molar-refractivity contribution is 0.0953. The van der Waals surface area contributed by atoms with Crippen molar-refractivity contribution in [3.8, 4) is 0 Å². The van der Waals surface area contributed by atoms with E-state index in [0.717, 1.165) is 21.3 Å². The Hall–Kier alpha value is -2.12. The lowest BCUT2D eigenvalue weighted by Gasteiger charge is -2.01. The lowest BCUT2D eigenvalue weighted by atomic mass is 10.1. The van der Waals surface area contributed by atoms with E-state index >= 15 is 0 Å². The maximum absolute atomic E-state index is 13.0. The summed E-state index contributed by atoms with van der Waals surface area (Å²) in [5.74, 6) is -0.396. The summed E-state index contributed by atoms with van der Waals surface area (Å²) in [6.07, 6.45) is 0.588. The van der Waals surface area contributed by atoms with Crippen LogP contribution in [0.15, 0.2) is 29.6 Å². The third kappa shape index (κ3) is 4.04. The van der Waals surface area contributed by atoms with Gasteiger partial charge in [-0.05, 0) is 31.5 Å². The molecule has 0 aliphatic heterocycles. The molecule has 2 heterocycles. The Labute approximate surface area is 147 Å². The summed E-state index contributed by atoms with van der Waals surface area (Å²) >= 11 is 2.93. The number of aryl methyl sites for hydroxylation is 2. The van der Waals surface area contributed by atoms with Crippen molar-refractivity contribution in [3.63, 3.8) is 0 Å². The van der Waals surface area contributed by atoms with Gasteiger partial charge < -0.3 is 5.32 Å². The van der Waals surface area contributed by atoms with Gasteiger partial charge in [0.05, 0.1) is 27.9 Å². The number of nitrogens with one attached hydrogen (secondary N) is 1. The van der Waals surface area contributed by atoms with E-state index < -0.39 is 0 Å². The van der Waals surface area contributed by atoms with E-state index in [-0.39, 0.29) is 11.7 Å². The first-order valence-electron chi connectivity index (χ1n) is 7.41. The topological polar surface area (TPSA) is 54.9 Å². The molecule has 0 atom stereocenters. The standard InChI is InChI=1S/C17H16FN3OS2/c1-10-16(17(22)19-8-14-9-23-11(2)21-14)24-15(20-10)7-12-3-5-13(18)6-4-12/h3-6,9H,7-8H2,1-2H3,(H,19,22). The molecular weight excluding hydrogens is 345 g/mol. The van der Waals surface area contributed by atoms with Gasteiger partial charge in [0.15, 0.2) is 0 Å². The lowest BCUT2D eigenvalue weighted by Crippen LogP contribution is -2.22. The van der Waals surface area contributed by atoms with Gasteiger partial charge in [0.1, 0.15) is 10.7 Å². The highest BCUT2D eigenvalue weighted by Crippen LogP contribution is 2.21. The molecule has 0 aliphatic carbocycles. The fraction of sp³-hybridized carbons (Fsp3) is 0.235. The predicted molar refractivity (Wildman–Crippen MR) is 94.1 cm³/mol. The molecule has 1 amide bonds. The van der Waals surface area contributed by atoms with Crippen molar-refractivity contribution in [2.24, 2.45) is 0 Å². The molecule has 0 radical (unpaired) electrons. The zero-order valence-corrected chi connectivity index (χ0v) is 14.9. The first-order chi connectivity index (χ1) is 11.5. The highest BCUT2D eigenvalue weighted by molar-refractivity contribution is 7.13. The number of benzene rings is 1. The second-order valence-electron chi connectivity index (χ2n) is 5.37. The molecule has 7 heteroatoms. The van der Waals surface area contributed by atoms with Crippen molar-refractivity contribution in [1.29, 1.82) is 0 Å². The molecule has 0 bridgehead atoms. The van der Waals surface area contributed by atoms with Crippen LogP contribution >= 0.6 is 22.7 Å². The van der Waals surface area contributed by atoms with Gasteiger partial charge in [-0.2, -0.15) is 0 Å². The number of carbonyl (C=O) groups excluding carboxylic acids is 1. The Bertz CT molecular complexity index is 855. The van der Waals surface area contributed by atoms with E-state index in [1.165, 1.54) is 23.5 Å². The van der Waals surface area contributed by atoms with Crippen LogP contribution in [0.4, 0.5) is 4.39 Å². The Morgan fingerprint density at radius 1 is 1.21 bits per heavy atom. The molecule has 4 nitrogen and oxygen atoms in total. The van der Waals surface area contributed by atoms with Gasteiger partial charge in [0.25, 0.3) is 5.91 Å². The van der Waals surface area contributed by atoms with E-state index in [4.69, 9.17) is 0 Å². The van der Waals surface area contributed by atoms with Crippen LogP contribution in [0.5, 0.6) is 0 Å². The van der Waals surface area contributed by atoms with Crippen LogP contribution in [0.1, 0.15) is 36.6 Å². The number of hydrogen-bond donors (Lipinski definition) is 1. The number of nitrogens with zero attached hydrogens (tertiary/aromatic N) is 2. The molecule has 0 spiro atoms. The van der Waals surface area contributed by atoms with Gasteiger partial charge >= 0.3 is 0 Å². The van der Waals surface area contributed by atoms with Gasteiger partial charge in [-0.1, -0.05) is 12.1 Å². The molecule has 0 saturated heterocycles. The minimum Gasteiger partial charge on any atom is -0.346 e. The van der Waals surface area contributed by atoms with Crippen LogP contribution in [0.25, 0.3) is 0 Å². The monoisotopic (exact) mass is 361 g/mol. The maximum atomic E-state index is 13.0. The molecule has 124 valence electrons. The smallest absolute Gasteiger partial charge is 0.263 e. The van der Waals surface area contributed by atoms with Gasteiger partial charge in [-0.25, -0.2) is 14.4 Å². The van der Waals surface area contributed by atoms with Crippen molar-refractivity contribution in [2.75, 3.05) is 0 Å². The fourth-order valence-electron chi connectivity index (χ4n) is 2.26. The molecular formula is C17H16FN3OS2. The molecule has 2 aromatic heterocycles. The summed E-state index contributed by atoms with van der Waals surface area (Å²) in [4.78, 5) is 21.7. The summed E-state index contributed by atoms with van der Waals surface area (Å²) < 4.78 is 13.0. The van der Waals surface area contributed by atoms with Crippen molar-refractivity contribution in [1.82, 2.24) is 15.3 Å². The van der Waals surface area contributed by atoms with Crippen LogP contribution in [0.2, 0.25) is 0 Å². The van der Waals surface area contributed by atoms with Crippen LogP contribution in [0.3, 0.4) is 0 Å². The van der Waals surface area contributed by atoms with Crippen molar-refractivity contribution in [3.05, 3.63) is 67.3 Å². The van der Waals surface area contributed by atoms with Crippen LogP contribution < -0.4 is 5.32 Å². The number of halogens is 1. The van der Waals surface area contributed by atoms with Gasteiger partial charge in [-0.15, -0.1) is 22.7 Å². The van der Waals surface area contributed by atoms with Gasteiger partial charge in [-0.3, -0.25) is 4.79 Å². The normalized spacial score (nSPS) is 10.8. The Morgan fingerprint density at radius 3 is 2.62 bits per heavy atom. The molecule has 0 saturated carbocycles. The van der Waals surface area contributed by atoms with E-state index in [1.54, 1.807) is 23.5 Å². The Morgan fingerprint density at radius 2 is 1.96 bits per heavy atom. The first kappa shape index (κ1) is 16.7. The number of hydrogen-bond acceptors (Lipinski definition) is 5. The molecule has 1 N–H and O–H groups in total. The number of amides is 1. The second-order valence-corrected chi connectivity index (χ2v) is 7.51. The predicted octanol–water partition coefficient (Wildman–Crippen LogP) is 3.88. The maximum Gasteiger partial charge on any atom is 0.263 e. The highest BCUT2D eigenvalue weighted by atomic mass is 32.1. The third-order valence-corrected chi connectivity index (χ3v) is 5.39. The Kier molecular flexibility index (Phi) is 5.01. The summed E-state index contributed by atoms with van der Waals surface area (Å²) in [5.41, 5.74) is 2.54. The SMILES string of the molecule is Cc1nc(CNC(=O)c2sc(Cc3ccc(F)cc3)nc2C)cs1. The van der Waals surface area contributed by atoms with Crippen molar-refractivity contribution in [2.45, 2.75) is 26.8 Å². The van der Waals surface area contributed by atoms with Gasteiger partial charge in [0.2, 0.25) is 0 Å². The minimum absolute atomic E-state index is 0.138. The molecule has 3 rings (SSSR count). The highest BCUT2D eigenvalue weighted by Gasteiger charge is 2.15. The summed E-state index contributed by atoms with van der Waals surface area (Å²) in [6.45, 7) is 4.17. The van der Waals surface area contributed by atoms with E-state index in [0.29, 0.717) is 23.5 Å². The third-order valence-electron chi connectivity index (χ3n) is 3.41. The molecule has 0 fully saturated rings.